The highest BCUT2D eigenvalue weighted by Gasteiger charge is 2.12. The van der Waals surface area contributed by atoms with E-state index in [1.165, 1.54) is 12.1 Å². The molecule has 8 heteroatoms. The normalized spacial score (nSPS) is 11.4. The highest BCUT2D eigenvalue weighted by atomic mass is 79.9. The molecule has 0 fully saturated rings. The number of carbonyl (C=O) groups is 1. The second-order valence-electron chi connectivity index (χ2n) is 3.69. The predicted molar refractivity (Wildman–Crippen MR) is 74.3 cm³/mol. The topological polar surface area (TPSA) is 98.5 Å². The minimum absolute atomic E-state index is 0.0792. The Labute approximate surface area is 120 Å². The minimum Gasteiger partial charge on any atom is -0.370 e. The Balaban J connectivity index is 2.48. The molecule has 0 bridgehead atoms. The third kappa shape index (κ3) is 5.68. The van der Waals surface area contributed by atoms with E-state index in [-0.39, 0.29) is 24.7 Å². The molecule has 1 aromatic rings. The first kappa shape index (κ1) is 16.1. The maximum atomic E-state index is 11.9. The summed E-state index contributed by atoms with van der Waals surface area (Å²) in [5, 5.41) is 0.668. The molecule has 0 aliphatic rings. The Kier molecular flexibility index (Phi) is 6.43. The van der Waals surface area contributed by atoms with Crippen molar-refractivity contribution in [2.24, 2.45) is 5.73 Å². The lowest BCUT2D eigenvalue weighted by Crippen LogP contribution is -2.29. The number of nitrogens with one attached hydrogen (secondary N) is 1. The summed E-state index contributed by atoms with van der Waals surface area (Å²) in [4.78, 5) is 10.6. The van der Waals surface area contributed by atoms with Gasteiger partial charge in [0, 0.05) is 11.9 Å². The van der Waals surface area contributed by atoms with Crippen LogP contribution in [0.3, 0.4) is 0 Å². The number of hydrogen-bond donors (Lipinski definition) is 2. The predicted octanol–water partition coefficient (Wildman–Crippen LogP) is 0.362. The van der Waals surface area contributed by atoms with E-state index in [1.807, 2.05) is 0 Å². The Hall–Kier alpha value is -0.960. The van der Waals surface area contributed by atoms with Crippen molar-refractivity contribution in [3.63, 3.8) is 0 Å². The zero-order valence-corrected chi connectivity index (χ0v) is 12.5. The molecule has 0 atom stereocenters. The van der Waals surface area contributed by atoms with E-state index in [2.05, 4.69) is 20.7 Å². The van der Waals surface area contributed by atoms with Gasteiger partial charge in [0.05, 0.1) is 11.5 Å². The molecule has 0 radical (unpaired) electrons. The lowest BCUT2D eigenvalue weighted by Gasteiger charge is -2.07. The second kappa shape index (κ2) is 7.59. The lowest BCUT2D eigenvalue weighted by atomic mass is 10.2. The van der Waals surface area contributed by atoms with Crippen LogP contribution in [0.2, 0.25) is 0 Å². The molecule has 19 heavy (non-hydrogen) atoms. The summed E-state index contributed by atoms with van der Waals surface area (Å²) in [6, 6.07) is 6.52. The van der Waals surface area contributed by atoms with Gasteiger partial charge in [-0.25, -0.2) is 13.1 Å². The van der Waals surface area contributed by atoms with Crippen LogP contribution in [-0.4, -0.2) is 34.1 Å². The molecule has 0 unspecified atom stereocenters. The number of nitrogens with two attached hydrogens (primary N) is 1. The van der Waals surface area contributed by atoms with Gasteiger partial charge in [0.15, 0.2) is 0 Å². The number of ether oxygens (including phenoxy) is 1. The summed E-state index contributed by atoms with van der Waals surface area (Å²) in [7, 11) is -3.55. The fourth-order valence-electron chi connectivity index (χ4n) is 1.26. The molecule has 0 saturated carbocycles. The molecule has 1 aromatic carbocycles. The van der Waals surface area contributed by atoms with Gasteiger partial charge in [0.2, 0.25) is 15.9 Å². The summed E-state index contributed by atoms with van der Waals surface area (Å²) in [5.74, 6) is -0.590. The zero-order chi connectivity index (χ0) is 14.3. The van der Waals surface area contributed by atoms with Crippen molar-refractivity contribution in [3.05, 3.63) is 29.8 Å². The van der Waals surface area contributed by atoms with E-state index in [1.54, 1.807) is 12.1 Å². The molecule has 6 nitrogen and oxygen atoms in total. The largest absolute Gasteiger partial charge is 0.370 e. The van der Waals surface area contributed by atoms with Crippen molar-refractivity contribution in [2.45, 2.75) is 10.2 Å². The van der Waals surface area contributed by atoms with Crippen LogP contribution in [0.25, 0.3) is 0 Å². The smallest absolute Gasteiger partial charge is 0.243 e. The number of rotatable bonds is 8. The number of primary amides is 1. The number of amides is 1. The first-order chi connectivity index (χ1) is 8.95. The second-order valence-corrected chi connectivity index (χ2v) is 6.02. The Morgan fingerprint density at radius 2 is 1.95 bits per heavy atom. The number of halogens is 1. The average Bonchev–Trinajstić information content (AvgIpc) is 2.38. The molecule has 0 aromatic heterocycles. The highest BCUT2D eigenvalue weighted by molar-refractivity contribution is 9.08. The van der Waals surface area contributed by atoms with Crippen molar-refractivity contribution >= 4 is 31.9 Å². The van der Waals surface area contributed by atoms with E-state index < -0.39 is 15.9 Å². The number of hydrogen-bond acceptors (Lipinski definition) is 4. The SMILES string of the molecule is NC(=O)COCCNS(=O)(=O)c1ccc(CBr)cc1. The summed E-state index contributed by atoms with van der Waals surface area (Å²) in [6.07, 6.45) is 0. The van der Waals surface area contributed by atoms with Crippen molar-refractivity contribution in [1.29, 1.82) is 0 Å². The molecule has 106 valence electrons. The van der Waals surface area contributed by atoms with Crippen LogP contribution in [0, 0.1) is 0 Å². The number of carbonyl (C=O) groups excluding carboxylic acids is 1. The van der Waals surface area contributed by atoms with Crippen molar-refractivity contribution in [2.75, 3.05) is 19.8 Å². The summed E-state index contributed by atoms with van der Waals surface area (Å²) >= 11 is 3.28. The van der Waals surface area contributed by atoms with Gasteiger partial charge in [-0.3, -0.25) is 4.79 Å². The van der Waals surface area contributed by atoms with E-state index in [0.717, 1.165) is 5.56 Å². The fraction of sp³-hybridized carbons (Fsp3) is 0.364. The molecule has 0 aliphatic heterocycles. The lowest BCUT2D eigenvalue weighted by molar-refractivity contribution is -0.122. The fourth-order valence-corrected chi connectivity index (χ4v) is 2.65. The maximum Gasteiger partial charge on any atom is 0.243 e. The molecule has 1 rings (SSSR count). The van der Waals surface area contributed by atoms with Crippen LogP contribution in [0.1, 0.15) is 5.56 Å². The third-order valence-corrected chi connectivity index (χ3v) is 4.30. The number of benzene rings is 1. The minimum atomic E-state index is -3.55. The number of sulfonamides is 1. The Morgan fingerprint density at radius 1 is 1.32 bits per heavy atom. The molecule has 3 N–H and O–H groups in total. The molecule has 0 heterocycles. The summed E-state index contributed by atoms with van der Waals surface area (Å²) < 4.78 is 30.9. The third-order valence-electron chi connectivity index (χ3n) is 2.17. The highest BCUT2D eigenvalue weighted by Crippen LogP contribution is 2.12. The van der Waals surface area contributed by atoms with Gasteiger partial charge in [-0.05, 0) is 17.7 Å². The summed E-state index contributed by atoms with van der Waals surface area (Å²) in [5.41, 5.74) is 5.86. The average molecular weight is 351 g/mol. The van der Waals surface area contributed by atoms with Gasteiger partial charge in [-0.1, -0.05) is 28.1 Å². The van der Waals surface area contributed by atoms with Crippen LogP contribution in [-0.2, 0) is 24.9 Å². The molecule has 0 saturated heterocycles. The first-order valence-electron chi connectivity index (χ1n) is 5.46. The van der Waals surface area contributed by atoms with E-state index in [9.17, 15) is 13.2 Å². The molecule has 1 amide bonds. The quantitative estimate of drug-likeness (QED) is 0.522. The molecular weight excluding hydrogens is 336 g/mol. The maximum absolute atomic E-state index is 11.9. The Bertz CT molecular complexity index is 516. The van der Waals surface area contributed by atoms with Crippen LogP contribution < -0.4 is 10.5 Å². The molecular formula is C11H15BrN2O4S. The molecule has 0 spiro atoms. The first-order valence-corrected chi connectivity index (χ1v) is 8.07. The van der Waals surface area contributed by atoms with Crippen LogP contribution in [0.5, 0.6) is 0 Å². The Morgan fingerprint density at radius 3 is 2.47 bits per heavy atom. The van der Waals surface area contributed by atoms with Gasteiger partial charge in [-0.15, -0.1) is 0 Å². The van der Waals surface area contributed by atoms with E-state index in [4.69, 9.17) is 10.5 Å². The zero-order valence-electron chi connectivity index (χ0n) is 10.1. The number of alkyl halides is 1. The van der Waals surface area contributed by atoms with Gasteiger partial charge >= 0.3 is 0 Å². The molecule has 0 aliphatic carbocycles. The van der Waals surface area contributed by atoms with E-state index in [0.29, 0.717) is 5.33 Å². The summed E-state index contributed by atoms with van der Waals surface area (Å²) in [6.45, 7) is -0.0564. The standard InChI is InChI=1S/C11H15BrN2O4S/c12-7-9-1-3-10(4-2-9)19(16,17)14-5-6-18-8-11(13)15/h1-4,14H,5-8H2,(H2,13,15). The van der Waals surface area contributed by atoms with Crippen LogP contribution in [0.4, 0.5) is 0 Å². The van der Waals surface area contributed by atoms with Crippen molar-refractivity contribution in [1.82, 2.24) is 4.72 Å². The van der Waals surface area contributed by atoms with Crippen LogP contribution >= 0.6 is 15.9 Å². The van der Waals surface area contributed by atoms with Crippen LogP contribution in [0.15, 0.2) is 29.2 Å². The van der Waals surface area contributed by atoms with Crippen molar-refractivity contribution < 1.29 is 17.9 Å². The van der Waals surface area contributed by atoms with Gasteiger partial charge in [0.25, 0.3) is 0 Å². The van der Waals surface area contributed by atoms with Gasteiger partial charge in [0.1, 0.15) is 6.61 Å². The monoisotopic (exact) mass is 350 g/mol. The van der Waals surface area contributed by atoms with Crippen molar-refractivity contribution in [3.8, 4) is 0 Å². The van der Waals surface area contributed by atoms with Gasteiger partial charge < -0.3 is 10.5 Å². The van der Waals surface area contributed by atoms with E-state index >= 15 is 0 Å². The van der Waals surface area contributed by atoms with Gasteiger partial charge in [-0.2, -0.15) is 0 Å².